The van der Waals surface area contributed by atoms with Gasteiger partial charge in [-0.3, -0.25) is 0 Å². The zero-order chi connectivity index (χ0) is 34.6. The fourth-order valence-corrected chi connectivity index (χ4v) is 5.82. The molecular formula is C35H30F8N2O3. The molecule has 1 aliphatic rings. The van der Waals surface area contributed by atoms with Crippen molar-refractivity contribution in [2.75, 3.05) is 0 Å². The predicted octanol–water partition coefficient (Wildman–Crippen LogP) is 10.2. The maximum absolute atomic E-state index is 15.0. The van der Waals surface area contributed by atoms with E-state index in [-0.39, 0.29) is 35.7 Å². The topological polar surface area (TPSA) is 61.3 Å². The van der Waals surface area contributed by atoms with Gasteiger partial charge in [0.15, 0.2) is 23.3 Å². The van der Waals surface area contributed by atoms with Crippen molar-refractivity contribution >= 4 is 5.97 Å². The van der Waals surface area contributed by atoms with Crippen LogP contribution in [0.25, 0.3) is 11.4 Å². The lowest BCUT2D eigenvalue weighted by molar-refractivity contribution is -0.189. The minimum Gasteiger partial charge on any atom is -0.429 e. The van der Waals surface area contributed by atoms with E-state index in [0.717, 1.165) is 49.3 Å². The van der Waals surface area contributed by atoms with Gasteiger partial charge >= 0.3 is 12.1 Å². The molecule has 0 unspecified atom stereocenters. The number of hydrogen-bond acceptors (Lipinski definition) is 5. The number of rotatable bonds is 11. The van der Waals surface area contributed by atoms with Crippen molar-refractivity contribution in [3.63, 3.8) is 0 Å². The molecule has 0 amide bonds. The molecule has 0 atom stereocenters. The Balaban J connectivity index is 1.23. The van der Waals surface area contributed by atoms with Crippen LogP contribution in [0.3, 0.4) is 0 Å². The number of alkyl halides is 2. The number of aromatic nitrogens is 2. The maximum Gasteiger partial charge on any atom is 0.432 e. The molecule has 3 aromatic carbocycles. The number of benzene rings is 3. The summed E-state index contributed by atoms with van der Waals surface area (Å²) in [4.78, 5) is 21.4. The lowest BCUT2D eigenvalue weighted by atomic mass is 9.77. The van der Waals surface area contributed by atoms with Gasteiger partial charge in [0, 0.05) is 42.2 Å². The summed E-state index contributed by atoms with van der Waals surface area (Å²) in [6, 6.07) is 3.91. The molecule has 254 valence electrons. The second-order valence-corrected chi connectivity index (χ2v) is 11.7. The average Bonchev–Trinajstić information content (AvgIpc) is 3.03. The van der Waals surface area contributed by atoms with E-state index in [0.29, 0.717) is 5.92 Å². The van der Waals surface area contributed by atoms with E-state index in [1.807, 2.05) is 0 Å². The molecule has 1 fully saturated rings. The van der Waals surface area contributed by atoms with Gasteiger partial charge in [0.25, 0.3) is 0 Å². The van der Waals surface area contributed by atoms with Crippen molar-refractivity contribution in [1.29, 1.82) is 0 Å². The molecule has 0 radical (unpaired) electrons. The molecule has 1 aromatic heterocycles. The van der Waals surface area contributed by atoms with Crippen LogP contribution in [0.4, 0.5) is 35.1 Å². The number of carbonyl (C=O) groups excluding carboxylic acids is 1. The van der Waals surface area contributed by atoms with E-state index >= 15 is 0 Å². The first-order valence-electron chi connectivity index (χ1n) is 15.4. The average molecular weight is 679 g/mol. The summed E-state index contributed by atoms with van der Waals surface area (Å²) >= 11 is 0. The van der Waals surface area contributed by atoms with E-state index in [2.05, 4.69) is 21.6 Å². The van der Waals surface area contributed by atoms with Crippen LogP contribution in [0.2, 0.25) is 0 Å². The number of unbranched alkanes of at least 4 members (excludes halogenated alkanes) is 2. The Bertz CT molecular complexity index is 1730. The highest BCUT2D eigenvalue weighted by Gasteiger charge is 2.42. The smallest absolute Gasteiger partial charge is 0.429 e. The molecule has 1 heterocycles. The highest BCUT2D eigenvalue weighted by Crippen LogP contribution is 2.39. The molecule has 1 aliphatic carbocycles. The molecule has 0 bridgehead atoms. The molecule has 0 saturated heterocycles. The Hall–Kier alpha value is -4.55. The van der Waals surface area contributed by atoms with E-state index in [1.165, 1.54) is 31.7 Å². The first-order valence-corrected chi connectivity index (χ1v) is 15.4. The SMILES string of the molecule is CCCCCC1CCC(c2cnc(-c3ccc(C(=O)Oc4cc(F)c(C(F)(F)Oc5cc(F)c(F)c(F)c5)c(F)c4)c(F)c3)nc2)CC1. The molecule has 48 heavy (non-hydrogen) atoms. The van der Waals surface area contributed by atoms with Gasteiger partial charge < -0.3 is 9.47 Å². The molecule has 4 aromatic rings. The maximum atomic E-state index is 15.0. The van der Waals surface area contributed by atoms with Crippen LogP contribution in [0.5, 0.6) is 11.5 Å². The summed E-state index contributed by atoms with van der Waals surface area (Å²) in [5.74, 6) is -13.0. The second kappa shape index (κ2) is 14.7. The lowest BCUT2D eigenvalue weighted by Crippen LogP contribution is -2.25. The number of hydrogen-bond donors (Lipinski definition) is 0. The van der Waals surface area contributed by atoms with Crippen LogP contribution in [0, 0.1) is 40.8 Å². The van der Waals surface area contributed by atoms with E-state index in [1.54, 1.807) is 12.4 Å². The van der Waals surface area contributed by atoms with Crippen molar-refractivity contribution in [1.82, 2.24) is 9.97 Å². The summed E-state index contributed by atoms with van der Waals surface area (Å²) in [7, 11) is 0. The standard InChI is InChI=1S/C35H30F8N2O3/c1-2-3-4-5-19-6-8-20(9-7-19)22-17-44-33(45-18-22)21-10-11-25(26(36)12-21)34(46)47-23-13-27(37)31(28(38)14-23)35(42,43)48-24-15-29(39)32(41)30(40)16-24/h10-20H,2-9H2,1H3. The second-order valence-electron chi connectivity index (χ2n) is 11.7. The zero-order valence-electron chi connectivity index (χ0n) is 25.7. The minimum atomic E-state index is -4.84. The van der Waals surface area contributed by atoms with E-state index < -0.39 is 69.6 Å². The number of carbonyl (C=O) groups is 1. The van der Waals surface area contributed by atoms with Gasteiger partial charge in [-0.15, -0.1) is 0 Å². The number of halogens is 8. The van der Waals surface area contributed by atoms with Gasteiger partial charge in [0.05, 0.1) is 5.56 Å². The molecule has 0 spiro atoms. The molecule has 0 N–H and O–H groups in total. The Morgan fingerprint density at radius 3 is 1.98 bits per heavy atom. The van der Waals surface area contributed by atoms with E-state index in [4.69, 9.17) is 4.74 Å². The van der Waals surface area contributed by atoms with Crippen molar-refractivity contribution in [3.05, 3.63) is 106 Å². The first kappa shape index (κ1) is 34.8. The van der Waals surface area contributed by atoms with Crippen LogP contribution in [-0.4, -0.2) is 15.9 Å². The van der Waals surface area contributed by atoms with Gasteiger partial charge in [-0.05, 0) is 55.2 Å². The van der Waals surface area contributed by atoms with E-state index in [9.17, 15) is 39.9 Å². The summed E-state index contributed by atoms with van der Waals surface area (Å²) in [5.41, 5.74) is -1.38. The summed E-state index contributed by atoms with van der Waals surface area (Å²) < 4.78 is 122. The summed E-state index contributed by atoms with van der Waals surface area (Å²) in [6.07, 6.45) is 7.97. The Kier molecular flexibility index (Phi) is 10.6. The quantitative estimate of drug-likeness (QED) is 0.0520. The zero-order valence-corrected chi connectivity index (χ0v) is 25.7. The summed E-state index contributed by atoms with van der Waals surface area (Å²) in [5, 5.41) is 0. The normalized spacial score (nSPS) is 16.5. The molecular weight excluding hydrogens is 648 g/mol. The third kappa shape index (κ3) is 7.94. The highest BCUT2D eigenvalue weighted by atomic mass is 19.3. The van der Waals surface area contributed by atoms with Crippen LogP contribution in [-0.2, 0) is 6.11 Å². The van der Waals surface area contributed by atoms with Gasteiger partial charge in [0.1, 0.15) is 34.5 Å². The Morgan fingerprint density at radius 2 is 1.40 bits per heavy atom. The minimum absolute atomic E-state index is 0.0560. The van der Waals surface area contributed by atoms with Crippen LogP contribution >= 0.6 is 0 Å². The molecule has 0 aliphatic heterocycles. The predicted molar refractivity (Wildman–Crippen MR) is 158 cm³/mol. The van der Waals surface area contributed by atoms with Gasteiger partial charge in [0.2, 0.25) is 0 Å². The monoisotopic (exact) mass is 678 g/mol. The lowest BCUT2D eigenvalue weighted by Gasteiger charge is -2.28. The van der Waals surface area contributed by atoms with Crippen molar-refractivity contribution in [2.24, 2.45) is 5.92 Å². The largest absolute Gasteiger partial charge is 0.432 e. The van der Waals surface area contributed by atoms with Gasteiger partial charge in [-0.25, -0.2) is 41.1 Å². The van der Waals surface area contributed by atoms with Crippen molar-refractivity contribution in [3.8, 4) is 22.9 Å². The number of nitrogens with zero attached hydrogens (tertiary/aromatic N) is 2. The Labute approximate surface area is 270 Å². The first-order chi connectivity index (χ1) is 22.9. The van der Waals surface area contributed by atoms with Crippen molar-refractivity contribution < 1.29 is 49.4 Å². The number of ether oxygens (including phenoxy) is 2. The van der Waals surface area contributed by atoms with Crippen LogP contribution < -0.4 is 9.47 Å². The van der Waals surface area contributed by atoms with Crippen LogP contribution in [0.15, 0.2) is 54.9 Å². The molecule has 5 nitrogen and oxygen atoms in total. The summed E-state index contributed by atoms with van der Waals surface area (Å²) in [6.45, 7) is 2.19. The third-order valence-electron chi connectivity index (χ3n) is 8.37. The molecule has 13 heteroatoms. The fourth-order valence-electron chi connectivity index (χ4n) is 5.82. The fraction of sp³-hybridized carbons (Fsp3) is 0.343. The molecule has 5 rings (SSSR count). The third-order valence-corrected chi connectivity index (χ3v) is 8.37. The highest BCUT2D eigenvalue weighted by molar-refractivity contribution is 5.92. The van der Waals surface area contributed by atoms with Crippen molar-refractivity contribution in [2.45, 2.75) is 70.3 Å². The Morgan fingerprint density at radius 1 is 0.792 bits per heavy atom. The molecule has 1 saturated carbocycles. The number of esters is 1. The van der Waals surface area contributed by atoms with Crippen LogP contribution in [0.1, 0.15) is 85.7 Å². The van der Waals surface area contributed by atoms with Gasteiger partial charge in [-0.2, -0.15) is 8.78 Å². The van der Waals surface area contributed by atoms with Gasteiger partial charge in [-0.1, -0.05) is 38.7 Å².